The van der Waals surface area contributed by atoms with Crippen molar-refractivity contribution in [1.29, 1.82) is 0 Å². The van der Waals surface area contributed by atoms with Gasteiger partial charge < -0.3 is 5.32 Å². The fraction of sp³-hybridized carbons (Fsp3) is 0.368. The van der Waals surface area contributed by atoms with Crippen LogP contribution in [0.5, 0.6) is 0 Å². The van der Waals surface area contributed by atoms with Gasteiger partial charge in [-0.15, -0.1) is 0 Å². The molecule has 2 heteroatoms. The lowest BCUT2D eigenvalue weighted by atomic mass is 9.92. The van der Waals surface area contributed by atoms with Crippen LogP contribution < -0.4 is 5.32 Å². The number of halogens is 1. The minimum atomic E-state index is 0.655. The van der Waals surface area contributed by atoms with E-state index < -0.39 is 0 Å². The van der Waals surface area contributed by atoms with Gasteiger partial charge in [0.15, 0.2) is 0 Å². The van der Waals surface area contributed by atoms with Crippen LogP contribution in [-0.2, 0) is 12.8 Å². The monoisotopic (exact) mass is 343 g/mol. The summed E-state index contributed by atoms with van der Waals surface area (Å²) in [7, 11) is 0. The Kier molecular flexibility index (Phi) is 5.10. The van der Waals surface area contributed by atoms with Crippen molar-refractivity contribution in [2.45, 2.75) is 31.7 Å². The Morgan fingerprint density at radius 2 is 1.67 bits per heavy atom. The van der Waals surface area contributed by atoms with E-state index in [1.807, 2.05) is 0 Å². The van der Waals surface area contributed by atoms with E-state index in [0.717, 1.165) is 25.4 Å². The molecule has 1 atom stereocenters. The average Bonchev–Trinajstić information content (AvgIpc) is 3.30. The summed E-state index contributed by atoms with van der Waals surface area (Å²) in [4.78, 5) is 0. The summed E-state index contributed by atoms with van der Waals surface area (Å²) in [5.41, 5.74) is 2.86. The molecular weight excluding hydrogens is 322 g/mol. The summed E-state index contributed by atoms with van der Waals surface area (Å²) in [6.07, 6.45) is 4.99. The van der Waals surface area contributed by atoms with Crippen molar-refractivity contribution in [3.8, 4) is 0 Å². The second-order valence-electron chi connectivity index (χ2n) is 6.07. The summed E-state index contributed by atoms with van der Waals surface area (Å²) < 4.78 is 1.17. The van der Waals surface area contributed by atoms with Gasteiger partial charge in [0.25, 0.3) is 0 Å². The molecule has 1 aliphatic rings. The van der Waals surface area contributed by atoms with E-state index in [2.05, 4.69) is 75.8 Å². The van der Waals surface area contributed by atoms with Gasteiger partial charge in [0.1, 0.15) is 0 Å². The molecule has 0 aromatic heterocycles. The fourth-order valence-electron chi connectivity index (χ4n) is 2.78. The van der Waals surface area contributed by atoms with Crippen LogP contribution in [0.4, 0.5) is 0 Å². The zero-order chi connectivity index (χ0) is 14.5. The van der Waals surface area contributed by atoms with Gasteiger partial charge in [-0.2, -0.15) is 0 Å². The highest BCUT2D eigenvalue weighted by atomic mass is 79.9. The molecule has 0 spiro atoms. The van der Waals surface area contributed by atoms with Crippen molar-refractivity contribution in [3.63, 3.8) is 0 Å². The van der Waals surface area contributed by atoms with Crippen LogP contribution >= 0.6 is 15.9 Å². The number of hydrogen-bond acceptors (Lipinski definition) is 1. The predicted molar refractivity (Wildman–Crippen MR) is 92.5 cm³/mol. The van der Waals surface area contributed by atoms with Gasteiger partial charge in [-0.25, -0.2) is 0 Å². The van der Waals surface area contributed by atoms with E-state index in [1.54, 1.807) is 0 Å². The van der Waals surface area contributed by atoms with Crippen molar-refractivity contribution in [2.24, 2.45) is 5.92 Å². The molecule has 1 fully saturated rings. The SMILES string of the molecule is Brc1cccc(CC(CNC2CC2)Cc2ccccc2)c1. The molecule has 2 aromatic rings. The van der Waals surface area contributed by atoms with E-state index in [1.165, 1.54) is 28.4 Å². The second-order valence-corrected chi connectivity index (χ2v) is 6.99. The minimum Gasteiger partial charge on any atom is -0.314 e. The number of rotatable bonds is 7. The third kappa shape index (κ3) is 4.98. The molecule has 0 amide bonds. The molecule has 0 heterocycles. The van der Waals surface area contributed by atoms with Crippen LogP contribution in [0.3, 0.4) is 0 Å². The third-order valence-corrected chi connectivity index (χ3v) is 4.55. The van der Waals surface area contributed by atoms with Crippen molar-refractivity contribution < 1.29 is 0 Å². The fourth-order valence-corrected chi connectivity index (χ4v) is 3.23. The molecule has 0 saturated heterocycles. The average molecular weight is 344 g/mol. The van der Waals surface area contributed by atoms with Crippen molar-refractivity contribution in [1.82, 2.24) is 5.32 Å². The molecule has 21 heavy (non-hydrogen) atoms. The van der Waals surface area contributed by atoms with Crippen LogP contribution in [0.15, 0.2) is 59.1 Å². The maximum absolute atomic E-state index is 3.70. The minimum absolute atomic E-state index is 0.655. The molecular formula is C19H22BrN. The maximum atomic E-state index is 3.70. The highest BCUT2D eigenvalue weighted by Crippen LogP contribution is 2.21. The summed E-state index contributed by atoms with van der Waals surface area (Å²) in [5, 5.41) is 3.70. The molecule has 3 rings (SSSR count). The van der Waals surface area contributed by atoms with Gasteiger partial charge in [0.2, 0.25) is 0 Å². The maximum Gasteiger partial charge on any atom is 0.0177 e. The van der Waals surface area contributed by atoms with Gasteiger partial charge in [-0.3, -0.25) is 0 Å². The smallest absolute Gasteiger partial charge is 0.0177 e. The van der Waals surface area contributed by atoms with Gasteiger partial charge in [-0.05, 0) is 61.4 Å². The van der Waals surface area contributed by atoms with Gasteiger partial charge in [0, 0.05) is 10.5 Å². The lowest BCUT2D eigenvalue weighted by molar-refractivity contribution is 0.469. The first kappa shape index (κ1) is 14.8. The highest BCUT2D eigenvalue weighted by molar-refractivity contribution is 9.10. The zero-order valence-corrected chi connectivity index (χ0v) is 13.9. The van der Waals surface area contributed by atoms with Crippen molar-refractivity contribution in [3.05, 3.63) is 70.2 Å². The Morgan fingerprint density at radius 1 is 0.952 bits per heavy atom. The van der Waals surface area contributed by atoms with Gasteiger partial charge >= 0.3 is 0 Å². The molecule has 110 valence electrons. The van der Waals surface area contributed by atoms with Crippen LogP contribution in [0.2, 0.25) is 0 Å². The first-order valence-electron chi connectivity index (χ1n) is 7.81. The molecule has 0 radical (unpaired) electrons. The highest BCUT2D eigenvalue weighted by Gasteiger charge is 2.22. The van der Waals surface area contributed by atoms with Crippen LogP contribution in [-0.4, -0.2) is 12.6 Å². The zero-order valence-electron chi connectivity index (χ0n) is 12.3. The standard InChI is InChI=1S/C19H22BrN/c20-18-8-4-7-16(13-18)12-17(14-21-19-9-10-19)11-15-5-2-1-3-6-15/h1-8,13,17,19,21H,9-12,14H2. The Morgan fingerprint density at radius 3 is 2.38 bits per heavy atom. The predicted octanol–water partition coefficient (Wildman–Crippen LogP) is 4.60. The van der Waals surface area contributed by atoms with E-state index in [9.17, 15) is 0 Å². The quantitative estimate of drug-likeness (QED) is 0.774. The molecule has 2 aromatic carbocycles. The van der Waals surface area contributed by atoms with Crippen molar-refractivity contribution in [2.75, 3.05) is 6.54 Å². The Hall–Kier alpha value is -1.12. The van der Waals surface area contributed by atoms with Gasteiger partial charge in [-0.1, -0.05) is 58.4 Å². The molecule has 1 saturated carbocycles. The Bertz CT molecular complexity index is 563. The van der Waals surface area contributed by atoms with E-state index in [0.29, 0.717) is 5.92 Å². The lowest BCUT2D eigenvalue weighted by Gasteiger charge is -2.18. The van der Waals surface area contributed by atoms with Crippen molar-refractivity contribution >= 4 is 15.9 Å². The van der Waals surface area contributed by atoms with Gasteiger partial charge in [0.05, 0.1) is 0 Å². The molecule has 0 bridgehead atoms. The Balaban J connectivity index is 1.65. The largest absolute Gasteiger partial charge is 0.314 e. The number of nitrogens with one attached hydrogen (secondary N) is 1. The van der Waals surface area contributed by atoms with E-state index in [-0.39, 0.29) is 0 Å². The molecule has 1 nitrogen and oxygen atoms in total. The first-order chi connectivity index (χ1) is 10.3. The van der Waals surface area contributed by atoms with Crippen LogP contribution in [0.25, 0.3) is 0 Å². The topological polar surface area (TPSA) is 12.0 Å². The third-order valence-electron chi connectivity index (χ3n) is 4.05. The molecule has 1 N–H and O–H groups in total. The van der Waals surface area contributed by atoms with Crippen LogP contribution in [0.1, 0.15) is 24.0 Å². The Labute approximate surface area is 135 Å². The number of benzene rings is 2. The lowest BCUT2D eigenvalue weighted by Crippen LogP contribution is -2.27. The van der Waals surface area contributed by atoms with E-state index >= 15 is 0 Å². The number of hydrogen-bond donors (Lipinski definition) is 1. The molecule has 1 unspecified atom stereocenters. The normalized spacial score (nSPS) is 15.9. The van der Waals surface area contributed by atoms with E-state index in [4.69, 9.17) is 0 Å². The second kappa shape index (κ2) is 7.24. The summed E-state index contributed by atoms with van der Waals surface area (Å²) in [5.74, 6) is 0.655. The van der Waals surface area contributed by atoms with Crippen LogP contribution in [0, 0.1) is 5.92 Å². The first-order valence-corrected chi connectivity index (χ1v) is 8.60. The summed E-state index contributed by atoms with van der Waals surface area (Å²) in [6, 6.07) is 20.3. The summed E-state index contributed by atoms with van der Waals surface area (Å²) >= 11 is 3.58. The summed E-state index contributed by atoms with van der Waals surface area (Å²) in [6.45, 7) is 1.12. The molecule has 0 aliphatic heterocycles. The molecule has 1 aliphatic carbocycles.